The fourth-order valence-corrected chi connectivity index (χ4v) is 2.91. The molecule has 3 aromatic rings. The monoisotopic (exact) mass is 336 g/mol. The number of nitrogens with zero attached hydrogens (tertiary/aromatic N) is 3. The van der Waals surface area contributed by atoms with E-state index in [-0.39, 0.29) is 5.91 Å². The molecule has 5 nitrogen and oxygen atoms in total. The quantitative estimate of drug-likeness (QED) is 0.531. The van der Waals surface area contributed by atoms with Crippen molar-refractivity contribution in [3.8, 4) is 0 Å². The molecule has 2 aromatic carbocycles. The van der Waals surface area contributed by atoms with Gasteiger partial charge in [0.15, 0.2) is 0 Å². The first-order chi connectivity index (χ1) is 12.2. The second-order valence-corrected chi connectivity index (χ2v) is 6.05. The van der Waals surface area contributed by atoms with Gasteiger partial charge in [-0.2, -0.15) is 0 Å². The van der Waals surface area contributed by atoms with Gasteiger partial charge in [0.05, 0.1) is 22.1 Å². The predicted octanol–water partition coefficient (Wildman–Crippen LogP) is 3.24. The van der Waals surface area contributed by atoms with E-state index in [9.17, 15) is 4.79 Å². The highest BCUT2D eigenvalue weighted by molar-refractivity contribution is 5.98. The van der Waals surface area contributed by atoms with Gasteiger partial charge in [-0.3, -0.25) is 4.79 Å². The van der Waals surface area contributed by atoms with E-state index in [2.05, 4.69) is 34.0 Å². The van der Waals surface area contributed by atoms with Crippen LogP contribution in [0, 0.1) is 0 Å². The van der Waals surface area contributed by atoms with Crippen molar-refractivity contribution < 1.29 is 4.79 Å². The standard InChI is InChI=1S/C20H24N4O/c1-3-24(4-2)13-7-12-21-20(25)15-10-11-18-19(14-15)23-17-9-6-5-8-16(17)22-18/h5-6,8-11,14H,3-4,7,12-13H2,1-2H3,(H,21,25). The lowest BCUT2D eigenvalue weighted by atomic mass is 10.1. The van der Waals surface area contributed by atoms with Crippen LogP contribution in [0.25, 0.3) is 22.1 Å². The normalized spacial score (nSPS) is 11.3. The average molecular weight is 336 g/mol. The van der Waals surface area contributed by atoms with Crippen LogP contribution in [0.1, 0.15) is 30.6 Å². The zero-order valence-electron chi connectivity index (χ0n) is 14.8. The lowest BCUT2D eigenvalue weighted by Crippen LogP contribution is -2.29. The van der Waals surface area contributed by atoms with Gasteiger partial charge in [0.2, 0.25) is 0 Å². The van der Waals surface area contributed by atoms with Crippen LogP contribution in [0.3, 0.4) is 0 Å². The van der Waals surface area contributed by atoms with Crippen LogP contribution < -0.4 is 5.32 Å². The molecule has 0 fully saturated rings. The van der Waals surface area contributed by atoms with Gasteiger partial charge < -0.3 is 10.2 Å². The fourth-order valence-electron chi connectivity index (χ4n) is 2.91. The van der Waals surface area contributed by atoms with Gasteiger partial charge in [0.25, 0.3) is 5.91 Å². The molecule has 0 aliphatic heterocycles. The Morgan fingerprint density at radius 3 is 2.28 bits per heavy atom. The van der Waals surface area contributed by atoms with Crippen LogP contribution in [-0.2, 0) is 0 Å². The van der Waals surface area contributed by atoms with Crippen LogP contribution in [0.2, 0.25) is 0 Å². The number of nitrogens with one attached hydrogen (secondary N) is 1. The summed E-state index contributed by atoms with van der Waals surface area (Å²) < 4.78 is 0. The molecule has 130 valence electrons. The summed E-state index contributed by atoms with van der Waals surface area (Å²) in [5, 5.41) is 2.99. The first-order valence-corrected chi connectivity index (χ1v) is 8.88. The summed E-state index contributed by atoms with van der Waals surface area (Å²) in [6, 6.07) is 13.2. The molecule has 3 rings (SSSR count). The van der Waals surface area contributed by atoms with Gasteiger partial charge >= 0.3 is 0 Å². The van der Waals surface area contributed by atoms with E-state index in [0.29, 0.717) is 12.1 Å². The van der Waals surface area contributed by atoms with Crippen LogP contribution in [0.5, 0.6) is 0 Å². The van der Waals surface area contributed by atoms with Gasteiger partial charge in [-0.1, -0.05) is 26.0 Å². The smallest absolute Gasteiger partial charge is 0.251 e. The Hall–Kier alpha value is -2.53. The number of carbonyl (C=O) groups excluding carboxylic acids is 1. The maximum atomic E-state index is 12.4. The van der Waals surface area contributed by atoms with Gasteiger partial charge in [-0.05, 0) is 56.4 Å². The van der Waals surface area contributed by atoms with Gasteiger partial charge in [-0.15, -0.1) is 0 Å². The fraction of sp³-hybridized carbons (Fsp3) is 0.350. The molecule has 1 amide bonds. The van der Waals surface area contributed by atoms with Crippen LogP contribution >= 0.6 is 0 Å². The minimum atomic E-state index is -0.0589. The van der Waals surface area contributed by atoms with Crippen LogP contribution in [0.4, 0.5) is 0 Å². The molecule has 0 radical (unpaired) electrons. The van der Waals surface area contributed by atoms with E-state index in [1.807, 2.05) is 42.5 Å². The van der Waals surface area contributed by atoms with Crippen molar-refractivity contribution in [3.63, 3.8) is 0 Å². The molecular formula is C20H24N4O. The van der Waals surface area contributed by atoms with E-state index < -0.39 is 0 Å². The van der Waals surface area contributed by atoms with Crippen molar-refractivity contribution in [1.29, 1.82) is 0 Å². The molecular weight excluding hydrogens is 312 g/mol. The molecule has 0 atom stereocenters. The number of rotatable bonds is 7. The molecule has 0 saturated carbocycles. The number of hydrogen-bond acceptors (Lipinski definition) is 4. The topological polar surface area (TPSA) is 58.1 Å². The minimum Gasteiger partial charge on any atom is -0.352 e. The van der Waals surface area contributed by atoms with Crippen molar-refractivity contribution in [2.45, 2.75) is 20.3 Å². The molecule has 1 N–H and O–H groups in total. The molecule has 0 aliphatic rings. The Morgan fingerprint density at radius 2 is 1.60 bits per heavy atom. The third-order valence-electron chi connectivity index (χ3n) is 4.43. The number of para-hydroxylation sites is 2. The van der Waals surface area contributed by atoms with Crippen molar-refractivity contribution >= 4 is 28.0 Å². The second kappa shape index (κ2) is 8.03. The predicted molar refractivity (Wildman–Crippen MR) is 102 cm³/mol. The number of amides is 1. The molecule has 0 spiro atoms. The van der Waals surface area contributed by atoms with Crippen molar-refractivity contribution in [1.82, 2.24) is 20.2 Å². The third-order valence-corrected chi connectivity index (χ3v) is 4.43. The molecule has 5 heteroatoms. The lowest BCUT2D eigenvalue weighted by molar-refractivity contribution is 0.0952. The third kappa shape index (κ3) is 4.12. The second-order valence-electron chi connectivity index (χ2n) is 6.05. The van der Waals surface area contributed by atoms with Gasteiger partial charge in [0.1, 0.15) is 0 Å². The van der Waals surface area contributed by atoms with Crippen LogP contribution in [0.15, 0.2) is 42.5 Å². The lowest BCUT2D eigenvalue weighted by Gasteiger charge is -2.17. The molecule has 1 aromatic heterocycles. The van der Waals surface area contributed by atoms with Crippen molar-refractivity contribution in [2.75, 3.05) is 26.2 Å². The number of aromatic nitrogens is 2. The maximum Gasteiger partial charge on any atom is 0.251 e. The highest BCUT2D eigenvalue weighted by atomic mass is 16.1. The molecule has 25 heavy (non-hydrogen) atoms. The van der Waals surface area contributed by atoms with E-state index in [1.54, 1.807) is 0 Å². The van der Waals surface area contributed by atoms with E-state index in [0.717, 1.165) is 48.1 Å². The summed E-state index contributed by atoms with van der Waals surface area (Å²) in [5.41, 5.74) is 3.88. The van der Waals surface area contributed by atoms with Crippen molar-refractivity contribution in [2.24, 2.45) is 0 Å². The number of benzene rings is 2. The summed E-state index contributed by atoms with van der Waals surface area (Å²) in [4.78, 5) is 23.9. The van der Waals surface area contributed by atoms with Gasteiger partial charge in [-0.25, -0.2) is 9.97 Å². The molecule has 0 unspecified atom stereocenters. The average Bonchev–Trinajstić information content (AvgIpc) is 2.65. The van der Waals surface area contributed by atoms with Crippen LogP contribution in [-0.4, -0.2) is 47.0 Å². The summed E-state index contributed by atoms with van der Waals surface area (Å²) in [6.45, 7) is 8.08. The zero-order valence-corrected chi connectivity index (χ0v) is 14.8. The first kappa shape index (κ1) is 17.3. The first-order valence-electron chi connectivity index (χ1n) is 8.88. The number of fused-ring (bicyclic) bond motifs is 2. The highest BCUT2D eigenvalue weighted by Crippen LogP contribution is 2.17. The Bertz CT molecular complexity index is 874. The van der Waals surface area contributed by atoms with Gasteiger partial charge in [0, 0.05) is 12.1 Å². The van der Waals surface area contributed by atoms with Crippen molar-refractivity contribution in [3.05, 3.63) is 48.0 Å². The summed E-state index contributed by atoms with van der Waals surface area (Å²) >= 11 is 0. The Morgan fingerprint density at radius 1 is 0.960 bits per heavy atom. The summed E-state index contributed by atoms with van der Waals surface area (Å²) in [7, 11) is 0. The Balaban J connectivity index is 1.68. The van der Waals surface area contributed by atoms with E-state index in [1.165, 1.54) is 0 Å². The Labute approximate surface area is 148 Å². The maximum absolute atomic E-state index is 12.4. The minimum absolute atomic E-state index is 0.0589. The molecule has 0 aliphatic carbocycles. The molecule has 0 saturated heterocycles. The summed E-state index contributed by atoms with van der Waals surface area (Å²) in [5.74, 6) is -0.0589. The highest BCUT2D eigenvalue weighted by Gasteiger charge is 2.08. The molecule has 1 heterocycles. The van der Waals surface area contributed by atoms with E-state index in [4.69, 9.17) is 0 Å². The molecule has 0 bridgehead atoms. The summed E-state index contributed by atoms with van der Waals surface area (Å²) in [6.07, 6.45) is 0.950. The zero-order chi connectivity index (χ0) is 17.6. The number of carbonyl (C=O) groups is 1. The Kier molecular flexibility index (Phi) is 5.56. The number of hydrogen-bond donors (Lipinski definition) is 1. The van der Waals surface area contributed by atoms with E-state index >= 15 is 0 Å². The SMILES string of the molecule is CCN(CC)CCCNC(=O)c1ccc2nc3ccccc3nc2c1. The largest absolute Gasteiger partial charge is 0.352 e.